The lowest BCUT2D eigenvalue weighted by Crippen LogP contribution is -2.36. The Hall–Kier alpha value is -4.17. The number of nitrogen functional groups attached to an aromatic ring is 1. The van der Waals surface area contributed by atoms with Crippen molar-refractivity contribution in [1.29, 1.82) is 0 Å². The zero-order chi connectivity index (χ0) is 22.5. The highest BCUT2D eigenvalue weighted by Crippen LogP contribution is 2.17. The fourth-order valence-electron chi connectivity index (χ4n) is 3.12. The van der Waals surface area contributed by atoms with E-state index in [0.717, 1.165) is 4.68 Å². The number of carboxylic acids is 1. The molecule has 14 nitrogen and oxygen atoms in total. The molecule has 32 heavy (non-hydrogen) atoms. The maximum absolute atomic E-state index is 13.0. The summed E-state index contributed by atoms with van der Waals surface area (Å²) in [7, 11) is 0. The van der Waals surface area contributed by atoms with E-state index < -0.39 is 11.9 Å². The highest BCUT2D eigenvalue weighted by Gasteiger charge is 2.26. The Bertz CT molecular complexity index is 1150. The Morgan fingerprint density at radius 1 is 1.25 bits per heavy atom. The molecule has 0 spiro atoms. The van der Waals surface area contributed by atoms with E-state index in [4.69, 9.17) is 10.5 Å². The number of benzene rings is 1. The van der Waals surface area contributed by atoms with Crippen molar-refractivity contribution < 1.29 is 24.1 Å². The number of rotatable bonds is 7. The molecule has 14 heteroatoms. The molecule has 1 aliphatic heterocycles. The van der Waals surface area contributed by atoms with E-state index in [0.29, 0.717) is 44.1 Å². The molecule has 0 bridgehead atoms. The molecular weight excluding hydrogens is 422 g/mol. The van der Waals surface area contributed by atoms with Crippen molar-refractivity contribution in [2.24, 2.45) is 5.10 Å². The number of nitrogens with one attached hydrogen (secondary N) is 1. The molecule has 3 aromatic rings. The SMILES string of the molecule is Nc1nonc1-n1nnc(CN2CCOCC2)c1C(=O)NN=Cc1ccccc1C(=O)O. The molecule has 1 fully saturated rings. The van der Waals surface area contributed by atoms with Crippen molar-refractivity contribution in [3.8, 4) is 5.82 Å². The van der Waals surface area contributed by atoms with Gasteiger partial charge in [-0.25, -0.2) is 14.8 Å². The number of nitrogens with zero attached hydrogens (tertiary/aromatic N) is 7. The lowest BCUT2D eigenvalue weighted by molar-refractivity contribution is 0.0335. The molecule has 1 aliphatic rings. The van der Waals surface area contributed by atoms with E-state index in [2.05, 4.69) is 40.7 Å². The molecule has 1 saturated heterocycles. The number of hydrogen-bond donors (Lipinski definition) is 3. The van der Waals surface area contributed by atoms with Crippen LogP contribution in [0, 0.1) is 0 Å². The van der Waals surface area contributed by atoms with Gasteiger partial charge >= 0.3 is 5.97 Å². The van der Waals surface area contributed by atoms with Crippen LogP contribution in [0.5, 0.6) is 0 Å². The van der Waals surface area contributed by atoms with Crippen LogP contribution in [0.15, 0.2) is 34.0 Å². The van der Waals surface area contributed by atoms with Gasteiger partial charge in [0.05, 0.1) is 25.0 Å². The van der Waals surface area contributed by atoms with E-state index >= 15 is 0 Å². The van der Waals surface area contributed by atoms with E-state index in [1.165, 1.54) is 12.3 Å². The minimum absolute atomic E-state index is 0.0103. The zero-order valence-corrected chi connectivity index (χ0v) is 16.7. The second-order valence-electron chi connectivity index (χ2n) is 6.75. The molecule has 4 rings (SSSR count). The van der Waals surface area contributed by atoms with Gasteiger partial charge in [0, 0.05) is 25.2 Å². The van der Waals surface area contributed by atoms with Crippen LogP contribution in [0.25, 0.3) is 5.82 Å². The summed E-state index contributed by atoms with van der Waals surface area (Å²) in [6.07, 6.45) is 1.24. The number of amides is 1. The van der Waals surface area contributed by atoms with Crippen LogP contribution >= 0.6 is 0 Å². The van der Waals surface area contributed by atoms with Crippen molar-refractivity contribution >= 4 is 23.9 Å². The average molecular weight is 441 g/mol. The third-order valence-corrected chi connectivity index (χ3v) is 4.69. The first kappa shape index (κ1) is 21.1. The van der Waals surface area contributed by atoms with Crippen LogP contribution in [0.2, 0.25) is 0 Å². The first-order valence-corrected chi connectivity index (χ1v) is 9.53. The van der Waals surface area contributed by atoms with Crippen molar-refractivity contribution in [3.05, 3.63) is 46.8 Å². The predicted octanol–water partition coefficient (Wildman–Crippen LogP) is -0.473. The van der Waals surface area contributed by atoms with Gasteiger partial charge < -0.3 is 15.6 Å². The lowest BCUT2D eigenvalue weighted by atomic mass is 10.1. The Kier molecular flexibility index (Phi) is 6.14. The molecule has 166 valence electrons. The number of carboxylic acid groups (broad SMARTS) is 1. The summed E-state index contributed by atoms with van der Waals surface area (Å²) in [4.78, 5) is 26.4. The highest BCUT2D eigenvalue weighted by atomic mass is 16.6. The van der Waals surface area contributed by atoms with Crippen molar-refractivity contribution in [2.75, 3.05) is 32.0 Å². The van der Waals surface area contributed by atoms with Gasteiger partial charge in [0.25, 0.3) is 5.91 Å². The van der Waals surface area contributed by atoms with Crippen molar-refractivity contribution in [3.63, 3.8) is 0 Å². The number of morpholine rings is 1. The number of ether oxygens (including phenoxy) is 1. The van der Waals surface area contributed by atoms with Crippen LogP contribution in [0.3, 0.4) is 0 Å². The topological polar surface area (TPSA) is 187 Å². The smallest absolute Gasteiger partial charge is 0.336 e. The molecule has 0 saturated carbocycles. The number of carbonyl (C=O) groups is 2. The second kappa shape index (κ2) is 9.32. The quantitative estimate of drug-likeness (QED) is 0.317. The number of nitrogens with two attached hydrogens (primary N) is 1. The summed E-state index contributed by atoms with van der Waals surface area (Å²) < 4.78 is 11.1. The summed E-state index contributed by atoms with van der Waals surface area (Å²) in [6, 6.07) is 6.26. The van der Waals surface area contributed by atoms with Gasteiger partial charge in [0.1, 0.15) is 5.69 Å². The normalized spacial score (nSPS) is 14.6. The summed E-state index contributed by atoms with van der Waals surface area (Å²) in [5, 5.41) is 28.4. The summed E-state index contributed by atoms with van der Waals surface area (Å²) in [5.74, 6) is -1.82. The van der Waals surface area contributed by atoms with E-state index in [9.17, 15) is 14.7 Å². The molecule has 1 amide bonds. The van der Waals surface area contributed by atoms with Crippen LogP contribution in [0.4, 0.5) is 5.82 Å². The van der Waals surface area contributed by atoms with Crippen LogP contribution in [0.1, 0.15) is 32.1 Å². The van der Waals surface area contributed by atoms with Crippen molar-refractivity contribution in [2.45, 2.75) is 6.54 Å². The Labute approximate surface area is 180 Å². The minimum Gasteiger partial charge on any atom is -0.478 e. The number of hydrogen-bond acceptors (Lipinski definition) is 11. The minimum atomic E-state index is -1.11. The fraction of sp³-hybridized carbons (Fsp3) is 0.278. The van der Waals surface area contributed by atoms with Crippen LogP contribution < -0.4 is 11.2 Å². The summed E-state index contributed by atoms with van der Waals surface area (Å²) in [6.45, 7) is 2.83. The third kappa shape index (κ3) is 4.45. The number of anilines is 1. The van der Waals surface area contributed by atoms with E-state index in [1.54, 1.807) is 18.2 Å². The highest BCUT2D eigenvalue weighted by molar-refractivity contribution is 5.99. The maximum atomic E-state index is 13.0. The van der Waals surface area contributed by atoms with Gasteiger partial charge in [-0.3, -0.25) is 9.69 Å². The van der Waals surface area contributed by atoms with Gasteiger partial charge in [-0.15, -0.1) is 5.10 Å². The molecule has 3 heterocycles. The Balaban J connectivity index is 1.60. The largest absolute Gasteiger partial charge is 0.478 e. The van der Waals surface area contributed by atoms with Gasteiger partial charge in [0.15, 0.2) is 5.69 Å². The molecule has 0 aliphatic carbocycles. The van der Waals surface area contributed by atoms with E-state index in [-0.39, 0.29) is 22.9 Å². The Morgan fingerprint density at radius 3 is 2.75 bits per heavy atom. The zero-order valence-electron chi connectivity index (χ0n) is 16.7. The molecule has 0 unspecified atom stereocenters. The molecule has 2 aromatic heterocycles. The fourth-order valence-corrected chi connectivity index (χ4v) is 3.12. The van der Waals surface area contributed by atoms with E-state index in [1.807, 2.05) is 0 Å². The number of carbonyl (C=O) groups excluding carboxylic acids is 1. The average Bonchev–Trinajstić information content (AvgIpc) is 3.40. The third-order valence-electron chi connectivity index (χ3n) is 4.69. The standard InChI is InChI=1S/C18H19N9O5/c19-15-16(24-32-23-15)27-14(13(21-25-27)10-26-5-7-31-8-6-26)17(28)22-20-9-11-3-1-2-4-12(11)18(29)30/h1-4,9H,5-8,10H2,(H2,19,23)(H,22,28)(H,29,30). The summed E-state index contributed by atoms with van der Waals surface area (Å²) >= 11 is 0. The number of hydrazone groups is 1. The first-order valence-electron chi connectivity index (χ1n) is 9.53. The molecule has 4 N–H and O–H groups in total. The molecule has 1 aromatic carbocycles. The summed E-state index contributed by atoms with van der Waals surface area (Å²) in [5.41, 5.74) is 8.91. The Morgan fingerprint density at radius 2 is 2.03 bits per heavy atom. The first-order chi connectivity index (χ1) is 15.5. The second-order valence-corrected chi connectivity index (χ2v) is 6.75. The number of aromatic carboxylic acids is 1. The van der Waals surface area contributed by atoms with Crippen LogP contribution in [-0.4, -0.2) is 79.7 Å². The van der Waals surface area contributed by atoms with Gasteiger partial charge in [-0.05, 0) is 16.4 Å². The van der Waals surface area contributed by atoms with Gasteiger partial charge in [-0.1, -0.05) is 23.4 Å². The molecule has 0 radical (unpaired) electrons. The molecule has 0 atom stereocenters. The lowest BCUT2D eigenvalue weighted by Gasteiger charge is -2.25. The van der Waals surface area contributed by atoms with Crippen molar-refractivity contribution in [1.82, 2.24) is 35.6 Å². The molecular formula is C18H19N9O5. The van der Waals surface area contributed by atoms with Crippen LogP contribution in [-0.2, 0) is 11.3 Å². The van der Waals surface area contributed by atoms with Gasteiger partial charge in [0.2, 0.25) is 11.6 Å². The van der Waals surface area contributed by atoms with Gasteiger partial charge in [-0.2, -0.15) is 9.78 Å². The monoisotopic (exact) mass is 441 g/mol. The maximum Gasteiger partial charge on any atom is 0.336 e. The number of aromatic nitrogens is 5. The predicted molar refractivity (Wildman–Crippen MR) is 108 cm³/mol.